The number of halogens is 2. The van der Waals surface area contributed by atoms with Gasteiger partial charge < -0.3 is 4.90 Å². The number of benzene rings is 1. The maximum absolute atomic E-state index is 12.8. The van der Waals surface area contributed by atoms with Crippen LogP contribution in [0.1, 0.15) is 5.56 Å². The van der Waals surface area contributed by atoms with Crippen LogP contribution in [0, 0.1) is 5.82 Å². The Kier molecular flexibility index (Phi) is 5.42. The second-order valence-corrected chi connectivity index (χ2v) is 5.13. The number of hydrogen-bond acceptors (Lipinski definition) is 2. The minimum Gasteiger partial charge on any atom is -0.300 e. The lowest BCUT2D eigenvalue weighted by Gasteiger charge is -2.34. The van der Waals surface area contributed by atoms with E-state index in [0.717, 1.165) is 51.6 Å². The van der Waals surface area contributed by atoms with Crippen LogP contribution in [-0.4, -0.2) is 54.9 Å². The molecule has 2 rings (SSSR count). The van der Waals surface area contributed by atoms with Crippen LogP contribution in [-0.2, 0) is 6.42 Å². The van der Waals surface area contributed by atoms with Gasteiger partial charge in [-0.2, -0.15) is 0 Å². The van der Waals surface area contributed by atoms with Crippen molar-refractivity contribution in [3.05, 3.63) is 35.6 Å². The van der Waals surface area contributed by atoms with Crippen molar-refractivity contribution in [1.29, 1.82) is 0 Å². The molecule has 1 heterocycles. The van der Waals surface area contributed by atoms with Crippen molar-refractivity contribution in [3.8, 4) is 0 Å². The third kappa shape index (κ3) is 4.23. The molecule has 0 atom stereocenters. The summed E-state index contributed by atoms with van der Waals surface area (Å²) in [6.45, 7) is 6.48. The van der Waals surface area contributed by atoms with E-state index in [9.17, 15) is 4.39 Å². The van der Waals surface area contributed by atoms with Crippen LogP contribution >= 0.6 is 11.6 Å². The Morgan fingerprint density at radius 3 is 2.06 bits per heavy atom. The average molecular weight is 271 g/mol. The summed E-state index contributed by atoms with van der Waals surface area (Å²) in [4.78, 5) is 4.87. The standard InChI is InChI=1S/C14H20ClFN2/c15-6-8-18-11-9-17(10-12-18)7-5-13-1-3-14(16)4-2-13/h1-4H,5-12H2. The van der Waals surface area contributed by atoms with Gasteiger partial charge in [0.25, 0.3) is 0 Å². The zero-order valence-corrected chi connectivity index (χ0v) is 11.4. The number of rotatable bonds is 5. The Labute approximate surface area is 113 Å². The van der Waals surface area contributed by atoms with Crippen molar-refractivity contribution in [2.24, 2.45) is 0 Å². The fraction of sp³-hybridized carbons (Fsp3) is 0.571. The van der Waals surface area contributed by atoms with Gasteiger partial charge in [0.15, 0.2) is 0 Å². The van der Waals surface area contributed by atoms with E-state index < -0.39 is 0 Å². The molecular formula is C14H20ClFN2. The minimum absolute atomic E-state index is 0.159. The predicted molar refractivity (Wildman–Crippen MR) is 73.7 cm³/mol. The molecule has 0 unspecified atom stereocenters. The summed E-state index contributed by atoms with van der Waals surface area (Å²) in [5.74, 6) is 0.559. The Bertz CT molecular complexity index is 347. The van der Waals surface area contributed by atoms with Crippen LogP contribution < -0.4 is 0 Å². The Morgan fingerprint density at radius 1 is 0.944 bits per heavy atom. The molecule has 1 aliphatic rings. The lowest BCUT2D eigenvalue weighted by Crippen LogP contribution is -2.47. The molecule has 0 aromatic heterocycles. The van der Waals surface area contributed by atoms with E-state index in [-0.39, 0.29) is 5.82 Å². The highest BCUT2D eigenvalue weighted by Gasteiger charge is 2.15. The molecule has 1 aromatic carbocycles. The molecule has 1 saturated heterocycles. The maximum atomic E-state index is 12.8. The maximum Gasteiger partial charge on any atom is 0.123 e. The molecule has 1 aromatic rings. The molecule has 0 aliphatic carbocycles. The summed E-state index contributed by atoms with van der Waals surface area (Å²) in [6.07, 6.45) is 0.996. The van der Waals surface area contributed by atoms with Crippen molar-refractivity contribution in [3.63, 3.8) is 0 Å². The average Bonchev–Trinajstić information content (AvgIpc) is 2.40. The second kappa shape index (κ2) is 7.07. The highest BCUT2D eigenvalue weighted by Crippen LogP contribution is 2.07. The van der Waals surface area contributed by atoms with Crippen LogP contribution in [0.15, 0.2) is 24.3 Å². The van der Waals surface area contributed by atoms with Gasteiger partial charge in [-0.25, -0.2) is 4.39 Å². The van der Waals surface area contributed by atoms with Crippen LogP contribution in [0.4, 0.5) is 4.39 Å². The predicted octanol–water partition coefficient (Wildman–Crippen LogP) is 2.22. The summed E-state index contributed by atoms with van der Waals surface area (Å²) in [5.41, 5.74) is 1.21. The fourth-order valence-electron chi connectivity index (χ4n) is 2.29. The molecule has 0 spiro atoms. The Hall–Kier alpha value is -0.640. The van der Waals surface area contributed by atoms with Gasteiger partial charge >= 0.3 is 0 Å². The number of nitrogens with zero attached hydrogens (tertiary/aromatic N) is 2. The summed E-state index contributed by atoms with van der Waals surface area (Å²) >= 11 is 5.74. The highest BCUT2D eigenvalue weighted by atomic mass is 35.5. The van der Waals surface area contributed by atoms with E-state index in [4.69, 9.17) is 11.6 Å². The topological polar surface area (TPSA) is 6.48 Å². The monoisotopic (exact) mass is 270 g/mol. The molecule has 1 fully saturated rings. The van der Waals surface area contributed by atoms with Gasteiger partial charge in [0.2, 0.25) is 0 Å². The van der Waals surface area contributed by atoms with E-state index >= 15 is 0 Å². The van der Waals surface area contributed by atoms with Crippen LogP contribution in [0.5, 0.6) is 0 Å². The van der Waals surface area contributed by atoms with E-state index in [0.29, 0.717) is 0 Å². The largest absolute Gasteiger partial charge is 0.300 e. The van der Waals surface area contributed by atoms with Gasteiger partial charge in [0.1, 0.15) is 5.82 Å². The van der Waals surface area contributed by atoms with Gasteiger partial charge in [-0.05, 0) is 24.1 Å². The molecule has 1 aliphatic heterocycles. The molecule has 0 saturated carbocycles. The molecule has 0 bridgehead atoms. The quantitative estimate of drug-likeness (QED) is 0.757. The van der Waals surface area contributed by atoms with E-state index in [1.165, 1.54) is 17.7 Å². The zero-order chi connectivity index (χ0) is 12.8. The Morgan fingerprint density at radius 2 is 1.50 bits per heavy atom. The fourth-order valence-corrected chi connectivity index (χ4v) is 2.53. The molecule has 0 N–H and O–H groups in total. The molecule has 4 heteroatoms. The second-order valence-electron chi connectivity index (χ2n) is 4.75. The van der Waals surface area contributed by atoms with Crippen molar-refractivity contribution in [2.75, 3.05) is 45.1 Å². The first kappa shape index (κ1) is 13.8. The normalized spacial score (nSPS) is 18.1. The van der Waals surface area contributed by atoms with Crippen LogP contribution in [0.25, 0.3) is 0 Å². The van der Waals surface area contributed by atoms with E-state index in [1.807, 2.05) is 12.1 Å². The Balaban J connectivity index is 1.70. The minimum atomic E-state index is -0.159. The van der Waals surface area contributed by atoms with Gasteiger partial charge in [0, 0.05) is 45.1 Å². The van der Waals surface area contributed by atoms with Crippen LogP contribution in [0.2, 0.25) is 0 Å². The smallest absolute Gasteiger partial charge is 0.123 e. The van der Waals surface area contributed by atoms with Crippen molar-refractivity contribution >= 4 is 11.6 Å². The van der Waals surface area contributed by atoms with Crippen molar-refractivity contribution < 1.29 is 4.39 Å². The van der Waals surface area contributed by atoms with E-state index in [1.54, 1.807) is 0 Å². The molecular weight excluding hydrogens is 251 g/mol. The molecule has 0 radical (unpaired) electrons. The van der Waals surface area contributed by atoms with Gasteiger partial charge in [-0.15, -0.1) is 11.6 Å². The first-order chi connectivity index (χ1) is 8.78. The summed E-state index contributed by atoms with van der Waals surface area (Å²) in [6, 6.07) is 6.82. The van der Waals surface area contributed by atoms with Gasteiger partial charge in [-0.3, -0.25) is 4.90 Å². The zero-order valence-electron chi connectivity index (χ0n) is 10.6. The first-order valence-electron chi connectivity index (χ1n) is 6.53. The molecule has 2 nitrogen and oxygen atoms in total. The number of alkyl halides is 1. The number of piperazine rings is 1. The summed E-state index contributed by atoms with van der Waals surface area (Å²) in [5, 5.41) is 0. The lowest BCUT2D eigenvalue weighted by molar-refractivity contribution is 0.139. The molecule has 0 amide bonds. The van der Waals surface area contributed by atoms with Crippen molar-refractivity contribution in [1.82, 2.24) is 9.80 Å². The van der Waals surface area contributed by atoms with Gasteiger partial charge in [-0.1, -0.05) is 12.1 Å². The third-order valence-corrected chi connectivity index (χ3v) is 3.66. The highest BCUT2D eigenvalue weighted by molar-refractivity contribution is 6.18. The summed E-state index contributed by atoms with van der Waals surface area (Å²) in [7, 11) is 0. The van der Waals surface area contributed by atoms with Crippen molar-refractivity contribution in [2.45, 2.75) is 6.42 Å². The molecule has 18 heavy (non-hydrogen) atoms. The lowest BCUT2D eigenvalue weighted by atomic mass is 10.1. The van der Waals surface area contributed by atoms with Crippen LogP contribution in [0.3, 0.4) is 0 Å². The van der Waals surface area contributed by atoms with E-state index in [2.05, 4.69) is 9.80 Å². The van der Waals surface area contributed by atoms with Gasteiger partial charge in [0.05, 0.1) is 0 Å². The first-order valence-corrected chi connectivity index (χ1v) is 7.06. The SMILES string of the molecule is Fc1ccc(CCN2CCN(CCCl)CC2)cc1. The summed E-state index contributed by atoms with van der Waals surface area (Å²) < 4.78 is 12.8. The third-order valence-electron chi connectivity index (χ3n) is 3.50. The number of hydrogen-bond donors (Lipinski definition) is 0. The molecule has 100 valence electrons.